The molecule has 1 aliphatic heterocycles. The quantitative estimate of drug-likeness (QED) is 0.484. The van der Waals surface area contributed by atoms with Crippen LogP contribution in [0.1, 0.15) is 56.0 Å². The molecule has 2 atom stereocenters. The van der Waals surface area contributed by atoms with Crippen molar-refractivity contribution >= 4 is 17.8 Å². The summed E-state index contributed by atoms with van der Waals surface area (Å²) in [5.41, 5.74) is -2.46. The van der Waals surface area contributed by atoms with Crippen LogP contribution in [0.25, 0.3) is 0 Å². The molecule has 1 N–H and O–H groups in total. The van der Waals surface area contributed by atoms with Crippen molar-refractivity contribution in [3.8, 4) is 0 Å². The number of alkyl halides is 6. The van der Waals surface area contributed by atoms with E-state index in [1.807, 2.05) is 0 Å². The molecule has 37 heavy (non-hydrogen) atoms. The molecule has 0 fully saturated rings. The Bertz CT molecular complexity index is 1360. The molecule has 2 aromatic carbocycles. The lowest BCUT2D eigenvalue weighted by Gasteiger charge is -2.40. The Kier molecular flexibility index (Phi) is 6.42. The first kappa shape index (κ1) is 26.0. The van der Waals surface area contributed by atoms with Gasteiger partial charge in [-0.25, -0.2) is 4.98 Å². The lowest BCUT2D eigenvalue weighted by Crippen LogP contribution is -2.44. The number of aryl methyl sites for hydroxylation is 2. The fraction of sp³-hybridized carbons (Fsp3) is 0.292. The SMILES string of the molecule is Cc1nnc(NC(=O)C2c3ccccc3C(=O)N(C)C2c2cc(C(F)(F)F)cc(C(F)(F)F)c2)nc1C. The van der Waals surface area contributed by atoms with E-state index in [9.17, 15) is 35.9 Å². The van der Waals surface area contributed by atoms with Crippen molar-refractivity contribution < 1.29 is 35.9 Å². The van der Waals surface area contributed by atoms with Gasteiger partial charge in [0.2, 0.25) is 11.9 Å². The van der Waals surface area contributed by atoms with Crippen molar-refractivity contribution in [1.29, 1.82) is 0 Å². The van der Waals surface area contributed by atoms with Crippen molar-refractivity contribution in [3.05, 3.63) is 81.7 Å². The minimum atomic E-state index is -5.11. The maximum absolute atomic E-state index is 13.6. The molecule has 2 unspecified atom stereocenters. The van der Waals surface area contributed by atoms with Gasteiger partial charge in [0.1, 0.15) is 0 Å². The van der Waals surface area contributed by atoms with Crippen molar-refractivity contribution in [1.82, 2.24) is 20.1 Å². The monoisotopic (exact) mass is 523 g/mol. The Morgan fingerprint density at radius 1 is 0.919 bits per heavy atom. The molecule has 7 nitrogen and oxygen atoms in total. The highest BCUT2D eigenvalue weighted by Gasteiger charge is 2.45. The van der Waals surface area contributed by atoms with E-state index in [0.29, 0.717) is 23.5 Å². The zero-order valence-electron chi connectivity index (χ0n) is 19.6. The zero-order chi connectivity index (χ0) is 27.3. The van der Waals surface area contributed by atoms with Crippen LogP contribution < -0.4 is 5.32 Å². The predicted octanol–water partition coefficient (Wildman–Crippen LogP) is 5.08. The van der Waals surface area contributed by atoms with E-state index in [1.165, 1.54) is 31.3 Å². The molecular weight excluding hydrogens is 504 g/mol. The number of nitrogens with zero attached hydrogens (tertiary/aromatic N) is 4. The van der Waals surface area contributed by atoms with Gasteiger partial charge in [0.25, 0.3) is 5.91 Å². The van der Waals surface area contributed by atoms with Crippen LogP contribution in [0.2, 0.25) is 0 Å². The average molecular weight is 523 g/mol. The van der Waals surface area contributed by atoms with Crippen molar-refractivity contribution in [2.45, 2.75) is 38.2 Å². The van der Waals surface area contributed by atoms with E-state index in [4.69, 9.17) is 0 Å². The Morgan fingerprint density at radius 2 is 1.51 bits per heavy atom. The molecule has 0 saturated carbocycles. The normalized spacial score (nSPS) is 18.0. The van der Waals surface area contributed by atoms with Crippen molar-refractivity contribution in [2.24, 2.45) is 0 Å². The minimum absolute atomic E-state index is 0.00817. The molecule has 0 bridgehead atoms. The molecule has 194 valence electrons. The second kappa shape index (κ2) is 9.12. The molecular formula is C24H19F6N5O2. The van der Waals surface area contributed by atoms with Crippen LogP contribution in [0.15, 0.2) is 42.5 Å². The first-order valence-corrected chi connectivity index (χ1v) is 10.8. The Labute approximate surface area is 206 Å². The molecule has 1 aromatic heterocycles. The van der Waals surface area contributed by atoms with Crippen LogP contribution in [-0.2, 0) is 17.1 Å². The van der Waals surface area contributed by atoms with Gasteiger partial charge in [0, 0.05) is 12.6 Å². The Morgan fingerprint density at radius 3 is 2.08 bits per heavy atom. The number of halogens is 6. The van der Waals surface area contributed by atoms with E-state index in [-0.39, 0.29) is 23.1 Å². The molecule has 0 spiro atoms. The van der Waals surface area contributed by atoms with Gasteiger partial charge in [-0.15, -0.1) is 5.10 Å². The number of carbonyl (C=O) groups excluding carboxylic acids is 2. The number of anilines is 1. The summed E-state index contributed by atoms with van der Waals surface area (Å²) < 4.78 is 81.5. The molecule has 13 heteroatoms. The number of fused-ring (bicyclic) bond motifs is 1. The Balaban J connectivity index is 1.90. The topological polar surface area (TPSA) is 88.1 Å². The van der Waals surface area contributed by atoms with Gasteiger partial charge < -0.3 is 4.90 Å². The number of likely N-dealkylation sites (N-methyl/N-ethyl adjacent to an activating group) is 1. The van der Waals surface area contributed by atoms with Gasteiger partial charge in [-0.3, -0.25) is 14.9 Å². The largest absolute Gasteiger partial charge is 0.416 e. The number of amides is 2. The lowest BCUT2D eigenvalue weighted by molar-refractivity contribution is -0.143. The number of hydrogen-bond acceptors (Lipinski definition) is 5. The fourth-order valence-corrected chi connectivity index (χ4v) is 4.22. The summed E-state index contributed by atoms with van der Waals surface area (Å²) in [5, 5.41) is 10.1. The zero-order valence-corrected chi connectivity index (χ0v) is 19.6. The molecule has 1 aliphatic rings. The lowest BCUT2D eigenvalue weighted by atomic mass is 9.78. The number of hydrogen-bond donors (Lipinski definition) is 1. The van der Waals surface area contributed by atoms with Gasteiger partial charge in [-0.2, -0.15) is 31.4 Å². The number of nitrogens with one attached hydrogen (secondary N) is 1. The van der Waals surface area contributed by atoms with Gasteiger partial charge in [-0.1, -0.05) is 18.2 Å². The number of rotatable bonds is 3. The second-order valence-corrected chi connectivity index (χ2v) is 8.56. The summed E-state index contributed by atoms with van der Waals surface area (Å²) in [7, 11) is 1.21. The summed E-state index contributed by atoms with van der Waals surface area (Å²) in [6.07, 6.45) is -10.2. The summed E-state index contributed by atoms with van der Waals surface area (Å²) in [4.78, 5) is 31.7. The smallest absolute Gasteiger partial charge is 0.334 e. The second-order valence-electron chi connectivity index (χ2n) is 8.56. The van der Waals surface area contributed by atoms with E-state index in [1.54, 1.807) is 13.8 Å². The highest BCUT2D eigenvalue weighted by Crippen LogP contribution is 2.45. The standard InChI is InChI=1S/C24H19F6N5O2/c1-11-12(2)33-34-22(31-11)32-20(36)18-16-6-4-5-7-17(16)21(37)35(3)19(18)13-8-14(23(25,26)27)10-15(9-13)24(28,29)30/h4-10,18-19H,1-3H3,(H,31,32,34,36). The molecule has 2 amide bonds. The third-order valence-corrected chi connectivity index (χ3v) is 6.14. The molecule has 0 saturated heterocycles. The van der Waals surface area contributed by atoms with E-state index < -0.39 is 52.8 Å². The highest BCUT2D eigenvalue weighted by atomic mass is 19.4. The number of benzene rings is 2. The molecule has 0 aliphatic carbocycles. The van der Waals surface area contributed by atoms with Crippen molar-refractivity contribution in [3.63, 3.8) is 0 Å². The predicted molar refractivity (Wildman–Crippen MR) is 118 cm³/mol. The summed E-state index contributed by atoms with van der Waals surface area (Å²) in [5.74, 6) is -3.11. The number of aromatic nitrogens is 3. The third kappa shape index (κ3) is 4.98. The first-order valence-electron chi connectivity index (χ1n) is 10.8. The van der Waals surface area contributed by atoms with Crippen LogP contribution >= 0.6 is 0 Å². The van der Waals surface area contributed by atoms with Crippen molar-refractivity contribution in [2.75, 3.05) is 12.4 Å². The summed E-state index contributed by atoms with van der Waals surface area (Å²) >= 11 is 0. The van der Waals surface area contributed by atoms with Crippen LogP contribution in [-0.4, -0.2) is 38.9 Å². The molecule has 3 aromatic rings. The van der Waals surface area contributed by atoms with Crippen LogP contribution in [0, 0.1) is 13.8 Å². The van der Waals surface area contributed by atoms with E-state index in [2.05, 4.69) is 20.5 Å². The van der Waals surface area contributed by atoms with Crippen LogP contribution in [0.3, 0.4) is 0 Å². The van der Waals surface area contributed by atoms with E-state index >= 15 is 0 Å². The van der Waals surface area contributed by atoms with Crippen LogP contribution in [0.5, 0.6) is 0 Å². The first-order chi connectivity index (χ1) is 17.2. The Hall–Kier alpha value is -4.03. The van der Waals surface area contributed by atoms with Crippen LogP contribution in [0.4, 0.5) is 32.3 Å². The number of carbonyl (C=O) groups is 2. The molecule has 2 heterocycles. The molecule has 0 radical (unpaired) electrons. The third-order valence-electron chi connectivity index (χ3n) is 6.14. The maximum atomic E-state index is 13.6. The van der Waals surface area contributed by atoms with Gasteiger partial charge in [-0.05, 0) is 49.2 Å². The maximum Gasteiger partial charge on any atom is 0.416 e. The van der Waals surface area contributed by atoms with Gasteiger partial charge in [0.05, 0.1) is 34.5 Å². The summed E-state index contributed by atoms with van der Waals surface area (Å²) in [6.45, 7) is 3.26. The fourth-order valence-electron chi connectivity index (χ4n) is 4.22. The van der Waals surface area contributed by atoms with Gasteiger partial charge in [0.15, 0.2) is 0 Å². The summed E-state index contributed by atoms with van der Waals surface area (Å²) in [6, 6.07) is 5.41. The van der Waals surface area contributed by atoms with E-state index in [0.717, 1.165) is 4.90 Å². The highest BCUT2D eigenvalue weighted by molar-refractivity contribution is 6.03. The van der Waals surface area contributed by atoms with Gasteiger partial charge >= 0.3 is 12.4 Å². The average Bonchev–Trinajstić information content (AvgIpc) is 2.82. The minimum Gasteiger partial charge on any atom is -0.334 e. The molecule has 4 rings (SSSR count).